The molecule has 0 bridgehead atoms. The number of hydrogen-bond acceptors (Lipinski definition) is 4. The number of halogens is 1. The first-order chi connectivity index (χ1) is 12.4. The third-order valence-electron chi connectivity index (χ3n) is 4.93. The van der Waals surface area contributed by atoms with E-state index in [9.17, 15) is 17.6 Å². The average molecular weight is 377 g/mol. The number of sulfonamides is 1. The van der Waals surface area contributed by atoms with Crippen molar-refractivity contribution in [3.05, 3.63) is 66.0 Å². The number of carbonyl (C=O) groups excluding carboxylic acids is 1. The van der Waals surface area contributed by atoms with E-state index in [2.05, 4.69) is 0 Å². The zero-order valence-corrected chi connectivity index (χ0v) is 15.2. The minimum atomic E-state index is -3.73. The SMILES string of the molecule is COC(=O)C1(c2ccccc2)CCN(S(=O)(=O)c2ccc(F)cc2)CC1. The average Bonchev–Trinajstić information content (AvgIpc) is 2.68. The Morgan fingerprint density at radius 3 is 2.15 bits per heavy atom. The number of piperidine rings is 1. The van der Waals surface area contributed by atoms with Crippen LogP contribution in [0.15, 0.2) is 59.5 Å². The maximum absolute atomic E-state index is 13.1. The van der Waals surface area contributed by atoms with Gasteiger partial charge in [0.05, 0.1) is 17.4 Å². The van der Waals surface area contributed by atoms with Crippen molar-refractivity contribution >= 4 is 16.0 Å². The number of methoxy groups -OCH3 is 1. The van der Waals surface area contributed by atoms with Gasteiger partial charge in [-0.25, -0.2) is 12.8 Å². The van der Waals surface area contributed by atoms with Crippen LogP contribution in [0.1, 0.15) is 18.4 Å². The molecule has 5 nitrogen and oxygen atoms in total. The van der Waals surface area contributed by atoms with Crippen molar-refractivity contribution < 1.29 is 22.3 Å². The van der Waals surface area contributed by atoms with E-state index >= 15 is 0 Å². The molecule has 1 aliphatic heterocycles. The van der Waals surface area contributed by atoms with Gasteiger partial charge in [0.2, 0.25) is 10.0 Å². The van der Waals surface area contributed by atoms with Crippen LogP contribution in [0.4, 0.5) is 4.39 Å². The first-order valence-corrected chi connectivity index (χ1v) is 9.74. The quantitative estimate of drug-likeness (QED) is 0.769. The maximum Gasteiger partial charge on any atom is 0.316 e. The van der Waals surface area contributed by atoms with Crippen molar-refractivity contribution in [3.8, 4) is 0 Å². The van der Waals surface area contributed by atoms with Crippen molar-refractivity contribution in [2.75, 3.05) is 20.2 Å². The summed E-state index contributed by atoms with van der Waals surface area (Å²) in [6, 6.07) is 14.0. The Labute approximate surface area is 152 Å². The molecule has 2 aromatic carbocycles. The number of hydrogen-bond donors (Lipinski definition) is 0. The first kappa shape index (κ1) is 18.5. The Kier molecular flexibility index (Phi) is 5.11. The van der Waals surface area contributed by atoms with E-state index in [1.54, 1.807) is 0 Å². The molecule has 1 aliphatic rings. The molecule has 0 spiro atoms. The molecule has 1 fully saturated rings. The second kappa shape index (κ2) is 7.17. The van der Waals surface area contributed by atoms with Crippen LogP contribution in [-0.4, -0.2) is 38.9 Å². The predicted molar refractivity (Wildman–Crippen MR) is 94.5 cm³/mol. The van der Waals surface area contributed by atoms with Gasteiger partial charge in [-0.2, -0.15) is 4.31 Å². The fraction of sp³-hybridized carbons (Fsp3) is 0.316. The van der Waals surface area contributed by atoms with Gasteiger partial charge >= 0.3 is 5.97 Å². The van der Waals surface area contributed by atoms with Crippen molar-refractivity contribution in [2.24, 2.45) is 0 Å². The molecule has 0 atom stereocenters. The van der Waals surface area contributed by atoms with Crippen molar-refractivity contribution in [3.63, 3.8) is 0 Å². The summed E-state index contributed by atoms with van der Waals surface area (Å²) < 4.78 is 45.0. The van der Waals surface area contributed by atoms with Crippen molar-refractivity contribution in [2.45, 2.75) is 23.2 Å². The lowest BCUT2D eigenvalue weighted by molar-refractivity contribution is -0.149. The van der Waals surface area contributed by atoms with Crippen LogP contribution in [0, 0.1) is 5.82 Å². The second-order valence-electron chi connectivity index (χ2n) is 6.30. The van der Waals surface area contributed by atoms with Gasteiger partial charge < -0.3 is 4.74 Å². The topological polar surface area (TPSA) is 63.7 Å². The van der Waals surface area contributed by atoms with Crippen LogP contribution in [0.5, 0.6) is 0 Å². The Bertz CT molecular complexity index is 874. The summed E-state index contributed by atoms with van der Waals surface area (Å²) >= 11 is 0. The molecule has 0 aliphatic carbocycles. The summed E-state index contributed by atoms with van der Waals surface area (Å²) in [7, 11) is -2.39. The van der Waals surface area contributed by atoms with E-state index < -0.39 is 21.3 Å². The molecule has 1 saturated heterocycles. The summed E-state index contributed by atoms with van der Waals surface area (Å²) in [6.45, 7) is 0.368. The minimum absolute atomic E-state index is 0.0455. The van der Waals surface area contributed by atoms with E-state index in [1.807, 2.05) is 30.3 Å². The third kappa shape index (κ3) is 3.24. The lowest BCUT2D eigenvalue weighted by Gasteiger charge is -2.39. The lowest BCUT2D eigenvalue weighted by atomic mass is 9.73. The molecule has 0 aromatic heterocycles. The number of benzene rings is 2. The highest BCUT2D eigenvalue weighted by Gasteiger charge is 2.46. The Balaban J connectivity index is 1.86. The molecule has 3 rings (SSSR count). The number of esters is 1. The molecule has 0 saturated carbocycles. The molecule has 1 heterocycles. The Hall–Kier alpha value is -2.25. The summed E-state index contributed by atoms with van der Waals surface area (Å²) in [5, 5.41) is 0. The molecule has 0 radical (unpaired) electrons. The minimum Gasteiger partial charge on any atom is -0.468 e. The fourth-order valence-electron chi connectivity index (χ4n) is 3.43. The van der Waals surface area contributed by atoms with Crippen LogP contribution in [-0.2, 0) is 25.0 Å². The molecular weight excluding hydrogens is 357 g/mol. The van der Waals surface area contributed by atoms with Gasteiger partial charge in [-0.1, -0.05) is 30.3 Å². The van der Waals surface area contributed by atoms with E-state index in [1.165, 1.54) is 23.5 Å². The maximum atomic E-state index is 13.1. The summed E-state index contributed by atoms with van der Waals surface area (Å²) in [6.07, 6.45) is 0.647. The highest BCUT2D eigenvalue weighted by Crippen LogP contribution is 2.38. The molecule has 138 valence electrons. The van der Waals surface area contributed by atoms with Crippen LogP contribution in [0.3, 0.4) is 0 Å². The highest BCUT2D eigenvalue weighted by molar-refractivity contribution is 7.89. The highest BCUT2D eigenvalue weighted by atomic mass is 32.2. The van der Waals surface area contributed by atoms with Crippen LogP contribution >= 0.6 is 0 Å². The van der Waals surface area contributed by atoms with Crippen LogP contribution in [0.2, 0.25) is 0 Å². The zero-order chi connectivity index (χ0) is 18.8. The van der Waals surface area contributed by atoms with Crippen LogP contribution < -0.4 is 0 Å². The first-order valence-electron chi connectivity index (χ1n) is 8.30. The molecule has 0 unspecified atom stereocenters. The molecule has 2 aromatic rings. The number of ether oxygens (including phenoxy) is 1. The number of nitrogens with zero attached hydrogens (tertiary/aromatic N) is 1. The zero-order valence-electron chi connectivity index (χ0n) is 14.4. The molecule has 0 amide bonds. The monoisotopic (exact) mass is 377 g/mol. The lowest BCUT2D eigenvalue weighted by Crippen LogP contribution is -2.49. The van der Waals surface area contributed by atoms with Gasteiger partial charge in [-0.05, 0) is 42.7 Å². The van der Waals surface area contributed by atoms with Gasteiger partial charge in [0.15, 0.2) is 0 Å². The van der Waals surface area contributed by atoms with Crippen molar-refractivity contribution in [1.82, 2.24) is 4.31 Å². The number of carbonyl (C=O) groups is 1. The second-order valence-corrected chi connectivity index (χ2v) is 8.24. The molecule has 7 heteroatoms. The largest absolute Gasteiger partial charge is 0.468 e. The van der Waals surface area contributed by atoms with E-state index in [0.717, 1.165) is 17.7 Å². The van der Waals surface area contributed by atoms with Crippen molar-refractivity contribution in [1.29, 1.82) is 0 Å². The van der Waals surface area contributed by atoms with Gasteiger partial charge in [0.25, 0.3) is 0 Å². The standard InChI is InChI=1S/C19H20FNO4S/c1-25-18(22)19(15-5-3-2-4-6-15)11-13-21(14-12-19)26(23,24)17-9-7-16(20)8-10-17/h2-10H,11-14H2,1H3. The predicted octanol–water partition coefficient (Wildman–Crippen LogP) is 2.72. The van der Waals surface area contributed by atoms with E-state index in [0.29, 0.717) is 12.8 Å². The van der Waals surface area contributed by atoms with Gasteiger partial charge in [-0.15, -0.1) is 0 Å². The Morgan fingerprint density at radius 1 is 1.04 bits per heavy atom. The number of rotatable bonds is 4. The summed E-state index contributed by atoms with van der Waals surface area (Å²) in [4.78, 5) is 12.6. The summed E-state index contributed by atoms with van der Waals surface area (Å²) in [5.74, 6) is -0.848. The molecular formula is C19H20FNO4S. The van der Waals surface area contributed by atoms with Gasteiger partial charge in [0.1, 0.15) is 5.82 Å². The van der Waals surface area contributed by atoms with Gasteiger partial charge in [0, 0.05) is 13.1 Å². The Morgan fingerprint density at radius 2 is 1.62 bits per heavy atom. The molecule has 0 N–H and O–H groups in total. The third-order valence-corrected chi connectivity index (χ3v) is 6.84. The summed E-state index contributed by atoms with van der Waals surface area (Å²) in [5.41, 5.74) is -0.0316. The normalized spacial score (nSPS) is 17.6. The smallest absolute Gasteiger partial charge is 0.316 e. The van der Waals surface area contributed by atoms with Gasteiger partial charge in [-0.3, -0.25) is 4.79 Å². The van der Waals surface area contributed by atoms with E-state index in [4.69, 9.17) is 4.74 Å². The molecule has 26 heavy (non-hydrogen) atoms. The fourth-order valence-corrected chi connectivity index (χ4v) is 4.87. The van der Waals surface area contributed by atoms with Crippen LogP contribution in [0.25, 0.3) is 0 Å². The van der Waals surface area contributed by atoms with E-state index in [-0.39, 0.29) is 24.0 Å².